The number of amides is 1. The van der Waals surface area contributed by atoms with E-state index in [4.69, 9.17) is 4.74 Å². The lowest BCUT2D eigenvalue weighted by atomic mass is 10.1. The molecule has 1 amide bonds. The van der Waals surface area contributed by atoms with Crippen LogP contribution in [0.25, 0.3) is 0 Å². The monoisotopic (exact) mass is 328 g/mol. The maximum Gasteiger partial charge on any atom is 0.338 e. The molecule has 2 aromatic rings. The summed E-state index contributed by atoms with van der Waals surface area (Å²) in [6, 6.07) is 10.2. The highest BCUT2D eigenvalue weighted by Crippen LogP contribution is 2.19. The lowest BCUT2D eigenvalue weighted by Gasteiger charge is -2.10. The van der Waals surface area contributed by atoms with E-state index < -0.39 is 16.8 Å². The van der Waals surface area contributed by atoms with Gasteiger partial charge < -0.3 is 10.1 Å². The normalized spacial score (nSPS) is 10.1. The zero-order valence-corrected chi connectivity index (χ0v) is 13.2. The van der Waals surface area contributed by atoms with E-state index in [1.807, 2.05) is 0 Å². The lowest BCUT2D eigenvalue weighted by molar-refractivity contribution is -0.384. The average molecular weight is 328 g/mol. The van der Waals surface area contributed by atoms with Crippen molar-refractivity contribution in [2.75, 3.05) is 11.9 Å². The highest BCUT2D eigenvalue weighted by Gasteiger charge is 2.14. The molecule has 0 atom stereocenters. The number of ether oxygens (including phenoxy) is 1. The van der Waals surface area contributed by atoms with Gasteiger partial charge in [-0.2, -0.15) is 0 Å². The smallest absolute Gasteiger partial charge is 0.338 e. The van der Waals surface area contributed by atoms with Crippen LogP contribution in [0.3, 0.4) is 0 Å². The Balaban J connectivity index is 2.19. The first kappa shape index (κ1) is 17.1. The van der Waals surface area contributed by atoms with E-state index in [9.17, 15) is 19.7 Å². The Labute approximate surface area is 138 Å². The molecular weight excluding hydrogens is 312 g/mol. The Bertz CT molecular complexity index is 801. The highest BCUT2D eigenvalue weighted by molar-refractivity contribution is 6.05. The van der Waals surface area contributed by atoms with Gasteiger partial charge in [-0.1, -0.05) is 6.07 Å². The van der Waals surface area contributed by atoms with Crippen molar-refractivity contribution in [3.8, 4) is 0 Å². The molecule has 2 rings (SSSR count). The minimum absolute atomic E-state index is 0.156. The van der Waals surface area contributed by atoms with Gasteiger partial charge in [-0.05, 0) is 43.7 Å². The van der Waals surface area contributed by atoms with Crippen LogP contribution in [-0.2, 0) is 4.74 Å². The SMILES string of the molecule is CCOC(=O)c1ccc(NC(=O)c2cccc([N+](=O)[O-])c2)c(C)c1. The average Bonchev–Trinajstić information content (AvgIpc) is 2.56. The van der Waals surface area contributed by atoms with Gasteiger partial charge in [0, 0.05) is 23.4 Å². The molecule has 0 heterocycles. The molecule has 124 valence electrons. The molecule has 0 aromatic heterocycles. The fourth-order valence-electron chi connectivity index (χ4n) is 2.10. The van der Waals surface area contributed by atoms with Crippen LogP contribution < -0.4 is 5.32 Å². The topological polar surface area (TPSA) is 98.5 Å². The molecule has 2 aromatic carbocycles. The number of non-ortho nitro benzene ring substituents is 1. The summed E-state index contributed by atoms with van der Waals surface area (Å²) in [5, 5.41) is 13.4. The van der Waals surface area contributed by atoms with Gasteiger partial charge in [0.2, 0.25) is 0 Å². The number of nitrogens with one attached hydrogen (secondary N) is 1. The number of esters is 1. The van der Waals surface area contributed by atoms with E-state index in [1.165, 1.54) is 24.3 Å². The van der Waals surface area contributed by atoms with Crippen LogP contribution in [0, 0.1) is 17.0 Å². The van der Waals surface area contributed by atoms with E-state index in [2.05, 4.69) is 5.32 Å². The van der Waals surface area contributed by atoms with Gasteiger partial charge in [0.25, 0.3) is 11.6 Å². The maximum atomic E-state index is 12.2. The summed E-state index contributed by atoms with van der Waals surface area (Å²) in [5.41, 5.74) is 1.61. The molecule has 0 saturated carbocycles. The van der Waals surface area contributed by atoms with Crippen molar-refractivity contribution in [3.05, 3.63) is 69.3 Å². The number of nitro benzene ring substituents is 1. The summed E-state index contributed by atoms with van der Waals surface area (Å²) in [5.74, 6) is -0.900. The second kappa shape index (κ2) is 7.36. The van der Waals surface area contributed by atoms with Gasteiger partial charge in [-0.25, -0.2) is 4.79 Å². The van der Waals surface area contributed by atoms with Crippen LogP contribution >= 0.6 is 0 Å². The molecule has 0 fully saturated rings. The van der Waals surface area contributed by atoms with Crippen molar-refractivity contribution in [1.29, 1.82) is 0 Å². The number of benzene rings is 2. The Hall–Kier alpha value is -3.22. The summed E-state index contributed by atoms with van der Waals surface area (Å²) in [7, 11) is 0. The first-order valence-electron chi connectivity index (χ1n) is 7.26. The maximum absolute atomic E-state index is 12.2. The molecule has 7 heteroatoms. The van der Waals surface area contributed by atoms with Crippen LogP contribution in [0.5, 0.6) is 0 Å². The van der Waals surface area contributed by atoms with Gasteiger partial charge in [-0.3, -0.25) is 14.9 Å². The Morgan fingerprint density at radius 3 is 2.54 bits per heavy atom. The third-order valence-electron chi connectivity index (χ3n) is 3.30. The molecule has 0 saturated heterocycles. The highest BCUT2D eigenvalue weighted by atomic mass is 16.6. The predicted molar refractivity (Wildman–Crippen MR) is 88.2 cm³/mol. The van der Waals surface area contributed by atoms with Crippen molar-refractivity contribution in [2.45, 2.75) is 13.8 Å². The molecule has 0 aliphatic heterocycles. The Morgan fingerprint density at radius 2 is 1.92 bits per heavy atom. The van der Waals surface area contributed by atoms with Crippen LogP contribution in [-0.4, -0.2) is 23.4 Å². The number of nitrogens with zero attached hydrogens (tertiary/aromatic N) is 1. The third kappa shape index (κ3) is 3.95. The Kier molecular flexibility index (Phi) is 5.26. The largest absolute Gasteiger partial charge is 0.462 e. The van der Waals surface area contributed by atoms with Crippen molar-refractivity contribution >= 4 is 23.3 Å². The van der Waals surface area contributed by atoms with Crippen molar-refractivity contribution in [3.63, 3.8) is 0 Å². The zero-order valence-electron chi connectivity index (χ0n) is 13.2. The molecule has 0 spiro atoms. The summed E-state index contributed by atoms with van der Waals surface area (Å²) >= 11 is 0. The zero-order chi connectivity index (χ0) is 17.7. The van der Waals surface area contributed by atoms with E-state index in [0.29, 0.717) is 16.8 Å². The second-order valence-electron chi connectivity index (χ2n) is 5.01. The van der Waals surface area contributed by atoms with Gasteiger partial charge in [-0.15, -0.1) is 0 Å². The Morgan fingerprint density at radius 1 is 1.17 bits per heavy atom. The lowest BCUT2D eigenvalue weighted by Crippen LogP contribution is -2.13. The third-order valence-corrected chi connectivity index (χ3v) is 3.30. The first-order chi connectivity index (χ1) is 11.4. The fourth-order valence-corrected chi connectivity index (χ4v) is 2.10. The summed E-state index contributed by atoms with van der Waals surface area (Å²) in [6.07, 6.45) is 0. The number of anilines is 1. The standard InChI is InChI=1S/C17H16N2O5/c1-3-24-17(21)13-7-8-15(11(2)9-13)18-16(20)12-5-4-6-14(10-12)19(22)23/h4-10H,3H2,1-2H3,(H,18,20). The first-order valence-corrected chi connectivity index (χ1v) is 7.26. The van der Waals surface area contributed by atoms with E-state index in [1.54, 1.807) is 32.0 Å². The van der Waals surface area contributed by atoms with Crippen molar-refractivity contribution < 1.29 is 19.2 Å². The van der Waals surface area contributed by atoms with Gasteiger partial charge in [0.05, 0.1) is 17.1 Å². The molecule has 0 aliphatic rings. The van der Waals surface area contributed by atoms with Crippen LogP contribution in [0.1, 0.15) is 33.2 Å². The second-order valence-corrected chi connectivity index (χ2v) is 5.01. The number of rotatable bonds is 5. The molecule has 0 bridgehead atoms. The minimum Gasteiger partial charge on any atom is -0.462 e. The van der Waals surface area contributed by atoms with Gasteiger partial charge >= 0.3 is 5.97 Å². The van der Waals surface area contributed by atoms with Crippen LogP contribution in [0.4, 0.5) is 11.4 Å². The molecular formula is C17H16N2O5. The molecule has 0 unspecified atom stereocenters. The van der Waals surface area contributed by atoms with Crippen molar-refractivity contribution in [2.24, 2.45) is 0 Å². The summed E-state index contributed by atoms with van der Waals surface area (Å²) < 4.78 is 4.92. The van der Waals surface area contributed by atoms with E-state index in [-0.39, 0.29) is 17.9 Å². The minimum atomic E-state index is -0.559. The summed E-state index contributed by atoms with van der Waals surface area (Å²) in [6.45, 7) is 3.74. The number of hydrogen-bond donors (Lipinski definition) is 1. The summed E-state index contributed by atoms with van der Waals surface area (Å²) in [4.78, 5) is 34.1. The number of carbonyl (C=O) groups excluding carboxylic acids is 2. The number of nitro groups is 1. The number of carbonyl (C=O) groups is 2. The number of hydrogen-bond acceptors (Lipinski definition) is 5. The van der Waals surface area contributed by atoms with Crippen molar-refractivity contribution in [1.82, 2.24) is 0 Å². The fraction of sp³-hybridized carbons (Fsp3) is 0.176. The van der Waals surface area contributed by atoms with E-state index >= 15 is 0 Å². The molecule has 24 heavy (non-hydrogen) atoms. The molecule has 0 aliphatic carbocycles. The molecule has 0 radical (unpaired) electrons. The predicted octanol–water partition coefficient (Wildman–Crippen LogP) is 3.33. The van der Waals surface area contributed by atoms with Gasteiger partial charge in [0.1, 0.15) is 0 Å². The van der Waals surface area contributed by atoms with Crippen LogP contribution in [0.15, 0.2) is 42.5 Å². The molecule has 7 nitrogen and oxygen atoms in total. The number of aryl methyl sites for hydroxylation is 1. The van der Waals surface area contributed by atoms with Crippen LogP contribution in [0.2, 0.25) is 0 Å². The van der Waals surface area contributed by atoms with Gasteiger partial charge in [0.15, 0.2) is 0 Å². The quantitative estimate of drug-likeness (QED) is 0.515. The van der Waals surface area contributed by atoms with E-state index in [0.717, 1.165) is 0 Å². The molecule has 1 N–H and O–H groups in total.